The Bertz CT molecular complexity index is 706. The zero-order valence-corrected chi connectivity index (χ0v) is 15.8. The van der Waals surface area contributed by atoms with Crippen LogP contribution in [0.1, 0.15) is 63.5 Å². The van der Waals surface area contributed by atoms with Crippen molar-refractivity contribution < 1.29 is 10.0 Å². The fourth-order valence-electron chi connectivity index (χ4n) is 6.89. The molecule has 1 aromatic rings. The van der Waals surface area contributed by atoms with E-state index in [-0.39, 0.29) is 0 Å². The van der Waals surface area contributed by atoms with E-state index in [1.54, 1.807) is 11.6 Å². The van der Waals surface area contributed by atoms with Crippen LogP contribution in [0, 0.1) is 16.7 Å². The average molecular weight is 354 g/mol. The second-order valence-corrected chi connectivity index (χ2v) is 9.81. The van der Waals surface area contributed by atoms with Gasteiger partial charge in [-0.1, -0.05) is 38.1 Å². The highest BCUT2D eigenvalue weighted by Crippen LogP contribution is 2.66. The molecule has 4 saturated carbocycles. The summed E-state index contributed by atoms with van der Waals surface area (Å²) in [5.74, 6) is 0.387. The Morgan fingerprint density at radius 1 is 1.12 bits per heavy atom. The second-order valence-electron chi connectivity index (χ2n) is 9.81. The van der Waals surface area contributed by atoms with Crippen molar-refractivity contribution in [2.24, 2.45) is 16.7 Å². The molecular formula is C22H30N2O2. The molecule has 3 N–H and O–H groups in total. The Morgan fingerprint density at radius 2 is 1.77 bits per heavy atom. The van der Waals surface area contributed by atoms with Gasteiger partial charge in [0.15, 0.2) is 0 Å². The quantitative estimate of drug-likeness (QED) is 0.425. The third kappa shape index (κ3) is 3.45. The molecule has 5 rings (SSSR count). The van der Waals surface area contributed by atoms with E-state index in [4.69, 9.17) is 5.21 Å². The predicted octanol–water partition coefficient (Wildman–Crippen LogP) is 4.04. The van der Waals surface area contributed by atoms with Crippen LogP contribution in [0.25, 0.3) is 6.08 Å². The lowest BCUT2D eigenvalue weighted by Crippen LogP contribution is -2.63. The first-order valence-corrected chi connectivity index (χ1v) is 9.77. The number of hydroxylamine groups is 1. The van der Waals surface area contributed by atoms with E-state index in [1.165, 1.54) is 50.2 Å². The van der Waals surface area contributed by atoms with Gasteiger partial charge in [0.1, 0.15) is 0 Å². The lowest BCUT2D eigenvalue weighted by Gasteiger charge is -2.65. The Hall–Kier alpha value is -1.65. The number of hydrogen-bond acceptors (Lipinski definition) is 3. The van der Waals surface area contributed by atoms with Crippen molar-refractivity contribution in [3.63, 3.8) is 0 Å². The van der Waals surface area contributed by atoms with Crippen LogP contribution in [0.15, 0.2) is 30.3 Å². The molecule has 1 aromatic carbocycles. The number of amides is 1. The zero-order chi connectivity index (χ0) is 18.4. The van der Waals surface area contributed by atoms with Crippen molar-refractivity contribution in [2.45, 2.75) is 64.5 Å². The van der Waals surface area contributed by atoms with Gasteiger partial charge in [0.25, 0.3) is 5.91 Å². The van der Waals surface area contributed by atoms with Gasteiger partial charge in [-0.05, 0) is 72.5 Å². The first-order chi connectivity index (χ1) is 12.3. The summed E-state index contributed by atoms with van der Waals surface area (Å²) in [6.45, 7) is 5.92. The fraction of sp³-hybridized carbons (Fsp3) is 0.591. The minimum Gasteiger partial charge on any atom is -0.307 e. The first-order valence-electron chi connectivity index (χ1n) is 9.77. The van der Waals surface area contributed by atoms with E-state index in [0.717, 1.165) is 18.0 Å². The van der Waals surface area contributed by atoms with Crippen molar-refractivity contribution in [1.82, 2.24) is 10.8 Å². The Morgan fingerprint density at radius 3 is 2.35 bits per heavy atom. The Labute approximate surface area is 156 Å². The highest BCUT2D eigenvalue weighted by molar-refractivity contribution is 5.90. The highest BCUT2D eigenvalue weighted by Gasteiger charge is 2.59. The Balaban J connectivity index is 1.41. The molecule has 4 bridgehead atoms. The summed E-state index contributed by atoms with van der Waals surface area (Å²) in [4.78, 5) is 11.1. The summed E-state index contributed by atoms with van der Waals surface area (Å²) >= 11 is 0. The summed E-state index contributed by atoms with van der Waals surface area (Å²) in [7, 11) is 0. The van der Waals surface area contributed by atoms with E-state index in [2.05, 4.69) is 31.3 Å². The third-order valence-electron chi connectivity index (χ3n) is 6.81. The van der Waals surface area contributed by atoms with Crippen LogP contribution in [-0.4, -0.2) is 16.7 Å². The van der Waals surface area contributed by atoms with Gasteiger partial charge in [-0.15, -0.1) is 0 Å². The van der Waals surface area contributed by atoms with Gasteiger partial charge in [-0.3, -0.25) is 10.0 Å². The summed E-state index contributed by atoms with van der Waals surface area (Å²) < 4.78 is 0. The summed E-state index contributed by atoms with van der Waals surface area (Å²) in [5, 5.41) is 12.5. The van der Waals surface area contributed by atoms with E-state index in [1.807, 2.05) is 12.1 Å². The van der Waals surface area contributed by atoms with Crippen molar-refractivity contribution >= 4 is 12.0 Å². The van der Waals surface area contributed by atoms with Crippen LogP contribution in [0.5, 0.6) is 0 Å². The van der Waals surface area contributed by atoms with E-state index < -0.39 is 5.91 Å². The van der Waals surface area contributed by atoms with Gasteiger partial charge in [0.2, 0.25) is 0 Å². The highest BCUT2D eigenvalue weighted by atomic mass is 16.5. The number of rotatable bonds is 5. The van der Waals surface area contributed by atoms with Crippen LogP contribution in [0.2, 0.25) is 0 Å². The number of nitrogens with one attached hydrogen (secondary N) is 2. The van der Waals surface area contributed by atoms with Crippen LogP contribution in [0.4, 0.5) is 0 Å². The maximum atomic E-state index is 11.1. The Kier molecular flexibility index (Phi) is 4.24. The first kappa shape index (κ1) is 17.7. The van der Waals surface area contributed by atoms with Gasteiger partial charge >= 0.3 is 0 Å². The van der Waals surface area contributed by atoms with Gasteiger partial charge in [-0.25, -0.2) is 5.48 Å². The van der Waals surface area contributed by atoms with Crippen molar-refractivity contribution in [1.29, 1.82) is 0 Å². The van der Waals surface area contributed by atoms with Gasteiger partial charge < -0.3 is 5.32 Å². The summed E-state index contributed by atoms with van der Waals surface area (Å²) in [6.07, 6.45) is 11.3. The number of carbonyl (C=O) groups is 1. The molecule has 4 fully saturated rings. The molecule has 4 nitrogen and oxygen atoms in total. The topological polar surface area (TPSA) is 61.4 Å². The monoisotopic (exact) mass is 354 g/mol. The van der Waals surface area contributed by atoms with Crippen LogP contribution >= 0.6 is 0 Å². The smallest absolute Gasteiger partial charge is 0.267 e. The SMILES string of the molecule is CC12CC3CC(C)(C1)CC(NCc1ccc(/C=C/C(=O)NO)cc1)(C3)C2. The van der Waals surface area contributed by atoms with E-state index in [0.29, 0.717) is 16.4 Å². The standard InChI is InChI=1S/C22H30N2O2/c1-20-9-18-10-21(2,13-20)15-22(11-18,14-20)23-12-17-5-3-16(4-6-17)7-8-19(25)24-26/h3-8,18,23,26H,9-15H2,1-2H3,(H,24,25)/b8-7+. The molecule has 2 atom stereocenters. The fourth-order valence-corrected chi connectivity index (χ4v) is 6.89. The molecule has 0 spiro atoms. The molecule has 4 aliphatic rings. The van der Waals surface area contributed by atoms with Crippen molar-refractivity contribution in [3.8, 4) is 0 Å². The van der Waals surface area contributed by atoms with Gasteiger partial charge in [0.05, 0.1) is 0 Å². The number of benzene rings is 1. The summed E-state index contributed by atoms with van der Waals surface area (Å²) in [6, 6.07) is 8.27. The minimum atomic E-state index is -0.514. The lowest BCUT2D eigenvalue weighted by molar-refractivity contribution is -0.124. The molecule has 2 unspecified atom stereocenters. The molecule has 0 heterocycles. The molecule has 4 heteroatoms. The van der Waals surface area contributed by atoms with E-state index >= 15 is 0 Å². The van der Waals surface area contributed by atoms with Crippen LogP contribution < -0.4 is 10.8 Å². The number of carbonyl (C=O) groups excluding carboxylic acids is 1. The summed E-state index contributed by atoms with van der Waals surface area (Å²) in [5.41, 5.74) is 5.21. The molecule has 26 heavy (non-hydrogen) atoms. The molecule has 0 aromatic heterocycles. The molecular weight excluding hydrogens is 324 g/mol. The molecule has 1 amide bonds. The number of hydrogen-bond donors (Lipinski definition) is 3. The van der Waals surface area contributed by atoms with Crippen LogP contribution in [0.3, 0.4) is 0 Å². The van der Waals surface area contributed by atoms with Crippen molar-refractivity contribution in [3.05, 3.63) is 41.5 Å². The average Bonchev–Trinajstić information content (AvgIpc) is 2.55. The maximum Gasteiger partial charge on any atom is 0.267 e. The zero-order valence-electron chi connectivity index (χ0n) is 15.8. The predicted molar refractivity (Wildman–Crippen MR) is 102 cm³/mol. The van der Waals surface area contributed by atoms with Gasteiger partial charge in [-0.2, -0.15) is 0 Å². The molecule has 0 radical (unpaired) electrons. The molecule has 0 saturated heterocycles. The minimum absolute atomic E-state index is 0.320. The molecule has 4 aliphatic carbocycles. The van der Waals surface area contributed by atoms with E-state index in [9.17, 15) is 4.79 Å². The molecule has 0 aliphatic heterocycles. The van der Waals surface area contributed by atoms with Gasteiger partial charge in [0, 0.05) is 18.2 Å². The molecule has 140 valence electrons. The third-order valence-corrected chi connectivity index (χ3v) is 6.81. The van der Waals surface area contributed by atoms with Crippen LogP contribution in [-0.2, 0) is 11.3 Å². The maximum absolute atomic E-state index is 11.1. The second kappa shape index (κ2) is 6.21. The van der Waals surface area contributed by atoms with Crippen molar-refractivity contribution in [2.75, 3.05) is 0 Å². The largest absolute Gasteiger partial charge is 0.307 e. The normalized spacial score (nSPS) is 38.0. The lowest BCUT2D eigenvalue weighted by atomic mass is 9.43.